The van der Waals surface area contributed by atoms with Gasteiger partial charge in [0.25, 0.3) is 0 Å². The second kappa shape index (κ2) is 7.02. The second-order valence-corrected chi connectivity index (χ2v) is 5.64. The topological polar surface area (TPSA) is 88.9 Å². The third-order valence-corrected chi connectivity index (χ3v) is 4.18. The fraction of sp³-hybridized carbons (Fsp3) is 0.294. The molecule has 3 rings (SSSR count). The summed E-state index contributed by atoms with van der Waals surface area (Å²) in [4.78, 5) is 20.1. The number of amides is 1. The van der Waals surface area contributed by atoms with Gasteiger partial charge in [-0.05, 0) is 24.3 Å². The molecule has 0 atom stereocenters. The number of hydrogen-bond donors (Lipinski definition) is 0. The Kier molecular flexibility index (Phi) is 4.62. The van der Waals surface area contributed by atoms with E-state index in [2.05, 4.69) is 9.88 Å². The van der Waals surface area contributed by atoms with Crippen molar-refractivity contribution in [3.05, 3.63) is 47.8 Å². The lowest BCUT2D eigenvalue weighted by Gasteiger charge is -2.36. The number of aromatic nitrogens is 2. The molecule has 2 heterocycles. The molecule has 0 radical (unpaired) electrons. The maximum atomic E-state index is 13.0. The van der Waals surface area contributed by atoms with Crippen LogP contribution in [0.15, 0.2) is 30.6 Å². The lowest BCUT2D eigenvalue weighted by molar-refractivity contribution is -0.132. The summed E-state index contributed by atoms with van der Waals surface area (Å²) < 4.78 is 14.4. The molecule has 7 nitrogen and oxygen atoms in total. The van der Waals surface area contributed by atoms with Gasteiger partial charge in [-0.2, -0.15) is 10.5 Å². The van der Waals surface area contributed by atoms with Crippen LogP contribution in [0.3, 0.4) is 0 Å². The van der Waals surface area contributed by atoms with Crippen molar-refractivity contribution in [2.45, 2.75) is 6.54 Å². The van der Waals surface area contributed by atoms with E-state index in [0.29, 0.717) is 26.2 Å². The van der Waals surface area contributed by atoms with E-state index < -0.39 is 0 Å². The molecule has 0 aliphatic carbocycles. The number of hydrogen-bond acceptors (Lipinski definition) is 5. The van der Waals surface area contributed by atoms with Gasteiger partial charge in [-0.15, -0.1) is 0 Å². The fourth-order valence-electron chi connectivity index (χ4n) is 2.81. The molecule has 1 fully saturated rings. The predicted molar refractivity (Wildman–Crippen MR) is 86.9 cm³/mol. The first-order chi connectivity index (χ1) is 12.1. The molecule has 1 saturated heterocycles. The normalized spacial score (nSPS) is 14.0. The van der Waals surface area contributed by atoms with E-state index >= 15 is 0 Å². The van der Waals surface area contributed by atoms with Crippen LogP contribution < -0.4 is 4.90 Å². The number of piperazine rings is 1. The van der Waals surface area contributed by atoms with Crippen LogP contribution >= 0.6 is 0 Å². The number of halogens is 1. The van der Waals surface area contributed by atoms with Crippen molar-refractivity contribution >= 4 is 11.6 Å². The third-order valence-electron chi connectivity index (χ3n) is 4.18. The highest BCUT2D eigenvalue weighted by molar-refractivity contribution is 5.76. The molecule has 126 valence electrons. The molecule has 0 bridgehead atoms. The maximum Gasteiger partial charge on any atom is 0.242 e. The van der Waals surface area contributed by atoms with Crippen molar-refractivity contribution in [3.8, 4) is 12.1 Å². The Morgan fingerprint density at radius 2 is 1.80 bits per heavy atom. The van der Waals surface area contributed by atoms with Crippen LogP contribution in [0.5, 0.6) is 0 Å². The monoisotopic (exact) mass is 338 g/mol. The van der Waals surface area contributed by atoms with Crippen LogP contribution in [0.4, 0.5) is 10.1 Å². The number of anilines is 1. The Hall–Kier alpha value is -3.39. The minimum atomic E-state index is -0.275. The molecule has 1 aliphatic rings. The second-order valence-electron chi connectivity index (χ2n) is 5.64. The summed E-state index contributed by atoms with van der Waals surface area (Å²) in [6, 6.07) is 10.0. The van der Waals surface area contributed by atoms with Crippen molar-refractivity contribution in [3.63, 3.8) is 0 Å². The van der Waals surface area contributed by atoms with Crippen molar-refractivity contribution in [2.24, 2.45) is 0 Å². The molecule has 1 aliphatic heterocycles. The van der Waals surface area contributed by atoms with Gasteiger partial charge in [0.1, 0.15) is 24.5 Å². The number of nitriles is 2. The quantitative estimate of drug-likeness (QED) is 0.836. The van der Waals surface area contributed by atoms with E-state index in [9.17, 15) is 9.18 Å². The Balaban J connectivity index is 1.61. The summed E-state index contributed by atoms with van der Waals surface area (Å²) >= 11 is 0. The van der Waals surface area contributed by atoms with E-state index in [4.69, 9.17) is 10.5 Å². The van der Waals surface area contributed by atoms with E-state index in [-0.39, 0.29) is 29.7 Å². The zero-order valence-electron chi connectivity index (χ0n) is 13.4. The zero-order valence-corrected chi connectivity index (χ0v) is 13.4. The molecule has 0 unspecified atom stereocenters. The van der Waals surface area contributed by atoms with Crippen molar-refractivity contribution < 1.29 is 9.18 Å². The summed E-state index contributed by atoms with van der Waals surface area (Å²) in [5.74, 6) is -0.403. The van der Waals surface area contributed by atoms with Gasteiger partial charge < -0.3 is 14.4 Å². The Bertz CT molecular complexity index is 853. The van der Waals surface area contributed by atoms with Gasteiger partial charge in [0.15, 0.2) is 11.4 Å². The lowest BCUT2D eigenvalue weighted by atomic mass is 10.2. The summed E-state index contributed by atoms with van der Waals surface area (Å²) in [6.45, 7) is 2.36. The minimum absolute atomic E-state index is 0.0197. The number of nitrogens with zero attached hydrogens (tertiary/aromatic N) is 6. The van der Waals surface area contributed by atoms with Crippen molar-refractivity contribution in [1.82, 2.24) is 14.5 Å². The molecular formula is C17H15FN6O. The van der Waals surface area contributed by atoms with Gasteiger partial charge in [0, 0.05) is 31.9 Å². The molecule has 0 saturated carbocycles. The van der Waals surface area contributed by atoms with Gasteiger partial charge in [-0.1, -0.05) is 0 Å². The zero-order chi connectivity index (χ0) is 17.8. The third kappa shape index (κ3) is 3.43. The van der Waals surface area contributed by atoms with Crippen molar-refractivity contribution in [1.29, 1.82) is 10.5 Å². The van der Waals surface area contributed by atoms with Crippen LogP contribution in [-0.4, -0.2) is 46.5 Å². The smallest absolute Gasteiger partial charge is 0.242 e. The van der Waals surface area contributed by atoms with Crippen LogP contribution in [0, 0.1) is 28.5 Å². The summed E-state index contributed by atoms with van der Waals surface area (Å²) in [7, 11) is 0. The average Bonchev–Trinajstić information content (AvgIpc) is 3.04. The first-order valence-corrected chi connectivity index (χ1v) is 7.76. The largest absolute Gasteiger partial charge is 0.368 e. The molecule has 25 heavy (non-hydrogen) atoms. The van der Waals surface area contributed by atoms with E-state index in [1.54, 1.807) is 17.0 Å². The fourth-order valence-corrected chi connectivity index (χ4v) is 2.81. The molecule has 0 spiro atoms. The molecule has 2 aromatic rings. The Morgan fingerprint density at radius 1 is 1.12 bits per heavy atom. The summed E-state index contributed by atoms with van der Waals surface area (Å²) in [5, 5.41) is 18.0. The van der Waals surface area contributed by atoms with Crippen LogP contribution in [0.2, 0.25) is 0 Å². The predicted octanol–water partition coefficient (Wildman–Crippen LogP) is 1.11. The molecule has 8 heteroatoms. The van der Waals surface area contributed by atoms with Gasteiger partial charge >= 0.3 is 0 Å². The SMILES string of the molecule is N#Cc1ncn(CC(=O)N2CCN(c3ccc(F)cc3)CC2)c1C#N. The van der Waals surface area contributed by atoms with Gasteiger partial charge in [-0.25, -0.2) is 9.37 Å². The van der Waals surface area contributed by atoms with Gasteiger partial charge in [0.05, 0.1) is 6.33 Å². The Labute approximate surface area is 144 Å². The molecule has 1 amide bonds. The maximum absolute atomic E-state index is 13.0. The van der Waals surface area contributed by atoms with E-state index in [1.807, 2.05) is 12.1 Å². The summed E-state index contributed by atoms with van der Waals surface area (Å²) in [6.07, 6.45) is 1.34. The Morgan fingerprint density at radius 3 is 2.40 bits per heavy atom. The number of carbonyl (C=O) groups excluding carboxylic acids is 1. The van der Waals surface area contributed by atoms with Crippen LogP contribution in [0.1, 0.15) is 11.4 Å². The standard InChI is InChI=1S/C17H15FN6O/c18-13-1-3-14(4-2-13)22-5-7-23(8-6-22)17(25)11-24-12-21-15(9-19)16(24)10-20/h1-4,12H,5-8,11H2. The highest BCUT2D eigenvalue weighted by Crippen LogP contribution is 2.17. The lowest BCUT2D eigenvalue weighted by Crippen LogP contribution is -2.49. The minimum Gasteiger partial charge on any atom is -0.368 e. The highest BCUT2D eigenvalue weighted by atomic mass is 19.1. The first kappa shape index (κ1) is 16.5. The molecule has 1 aromatic heterocycles. The van der Waals surface area contributed by atoms with Gasteiger partial charge in [-0.3, -0.25) is 4.79 Å². The first-order valence-electron chi connectivity index (χ1n) is 7.76. The number of benzene rings is 1. The van der Waals surface area contributed by atoms with E-state index in [1.165, 1.54) is 23.0 Å². The number of imidazole rings is 1. The van der Waals surface area contributed by atoms with Crippen LogP contribution in [0.25, 0.3) is 0 Å². The highest BCUT2D eigenvalue weighted by Gasteiger charge is 2.22. The van der Waals surface area contributed by atoms with E-state index in [0.717, 1.165) is 5.69 Å². The average molecular weight is 338 g/mol. The molecule has 0 N–H and O–H groups in total. The molecule has 1 aromatic carbocycles. The molecular weight excluding hydrogens is 323 g/mol. The number of rotatable bonds is 3. The van der Waals surface area contributed by atoms with Crippen molar-refractivity contribution in [2.75, 3.05) is 31.1 Å². The summed E-state index contributed by atoms with van der Waals surface area (Å²) in [5.41, 5.74) is 1.05. The number of carbonyl (C=O) groups is 1. The van der Waals surface area contributed by atoms with Crippen LogP contribution in [-0.2, 0) is 11.3 Å². The van der Waals surface area contributed by atoms with Gasteiger partial charge in [0.2, 0.25) is 5.91 Å².